The van der Waals surface area contributed by atoms with Gasteiger partial charge in [-0.25, -0.2) is 9.78 Å². The van der Waals surface area contributed by atoms with Crippen LogP contribution in [0.4, 0.5) is 16.2 Å². The third-order valence-corrected chi connectivity index (χ3v) is 6.38. The number of urea groups is 1. The Bertz CT molecular complexity index is 923. The Morgan fingerprint density at radius 1 is 1.14 bits per heavy atom. The Hall–Kier alpha value is -2.54. The molecule has 0 saturated heterocycles. The van der Waals surface area contributed by atoms with E-state index >= 15 is 0 Å². The highest BCUT2D eigenvalue weighted by atomic mass is 32.2. The molecule has 1 aliphatic carbocycles. The molecule has 1 aliphatic heterocycles. The lowest BCUT2D eigenvalue weighted by Gasteiger charge is -2.30. The number of nitrogens with zero attached hydrogens (tertiary/aromatic N) is 2. The van der Waals surface area contributed by atoms with Crippen molar-refractivity contribution in [2.75, 3.05) is 22.5 Å². The summed E-state index contributed by atoms with van der Waals surface area (Å²) in [5.41, 5.74) is 4.18. The normalized spacial score (nSPS) is 16.4. The molecule has 1 aromatic carbocycles. The smallest absolute Gasteiger partial charge is 0.326 e. The van der Waals surface area contributed by atoms with Crippen LogP contribution in [-0.4, -0.2) is 35.3 Å². The van der Waals surface area contributed by atoms with Crippen LogP contribution in [0.1, 0.15) is 47.3 Å². The maximum Gasteiger partial charge on any atom is 0.326 e. The van der Waals surface area contributed by atoms with Crippen LogP contribution in [0.25, 0.3) is 0 Å². The SMILES string of the molecule is Cc1cc(C)c2c(n1)SCCN2C(=O)Nc1ccc(C(=O)NC2CCCC2)cc1. The van der Waals surface area contributed by atoms with Gasteiger partial charge >= 0.3 is 6.03 Å². The van der Waals surface area contributed by atoms with Crippen molar-refractivity contribution in [2.24, 2.45) is 0 Å². The molecule has 4 rings (SSSR count). The van der Waals surface area contributed by atoms with E-state index in [1.807, 2.05) is 19.9 Å². The second-order valence-electron chi connectivity index (χ2n) is 7.70. The van der Waals surface area contributed by atoms with E-state index in [4.69, 9.17) is 0 Å². The predicted octanol–water partition coefficient (Wildman–Crippen LogP) is 4.52. The van der Waals surface area contributed by atoms with E-state index < -0.39 is 0 Å². The van der Waals surface area contributed by atoms with Gasteiger partial charge in [0.25, 0.3) is 5.91 Å². The summed E-state index contributed by atoms with van der Waals surface area (Å²) in [6.07, 6.45) is 4.48. The predicted molar refractivity (Wildman–Crippen MR) is 117 cm³/mol. The monoisotopic (exact) mass is 410 g/mol. The molecule has 0 unspecified atom stereocenters. The van der Waals surface area contributed by atoms with E-state index in [0.29, 0.717) is 23.8 Å². The van der Waals surface area contributed by atoms with E-state index in [0.717, 1.165) is 40.6 Å². The molecule has 0 atom stereocenters. The van der Waals surface area contributed by atoms with Crippen LogP contribution in [0.3, 0.4) is 0 Å². The number of benzene rings is 1. The molecule has 1 fully saturated rings. The Morgan fingerprint density at radius 3 is 2.59 bits per heavy atom. The highest BCUT2D eigenvalue weighted by Gasteiger charge is 2.26. The van der Waals surface area contributed by atoms with Crippen LogP contribution in [0.15, 0.2) is 35.4 Å². The maximum absolute atomic E-state index is 12.9. The summed E-state index contributed by atoms with van der Waals surface area (Å²) in [5, 5.41) is 6.94. The van der Waals surface area contributed by atoms with Gasteiger partial charge < -0.3 is 10.6 Å². The fourth-order valence-electron chi connectivity index (χ4n) is 4.01. The quantitative estimate of drug-likeness (QED) is 0.780. The molecule has 7 heteroatoms. The molecule has 2 N–H and O–H groups in total. The Labute approximate surface area is 175 Å². The third-order valence-electron chi connectivity index (χ3n) is 5.44. The summed E-state index contributed by atoms with van der Waals surface area (Å²) >= 11 is 1.69. The molecular formula is C22H26N4O2S. The number of amides is 3. The first kappa shape index (κ1) is 19.8. The molecule has 2 aliphatic rings. The number of aromatic nitrogens is 1. The van der Waals surface area contributed by atoms with Gasteiger partial charge in [0, 0.05) is 35.3 Å². The van der Waals surface area contributed by atoms with Crippen LogP contribution < -0.4 is 15.5 Å². The zero-order valence-electron chi connectivity index (χ0n) is 16.8. The van der Waals surface area contributed by atoms with Gasteiger partial charge in [-0.15, -0.1) is 11.8 Å². The first-order valence-electron chi connectivity index (χ1n) is 10.1. The number of aryl methyl sites for hydroxylation is 2. The van der Waals surface area contributed by atoms with Crippen LogP contribution in [0, 0.1) is 13.8 Å². The van der Waals surface area contributed by atoms with Crippen molar-refractivity contribution < 1.29 is 9.59 Å². The fraction of sp³-hybridized carbons (Fsp3) is 0.409. The fourth-order valence-corrected chi connectivity index (χ4v) is 5.09. The second kappa shape index (κ2) is 8.45. The first-order valence-corrected chi connectivity index (χ1v) is 11.1. The van der Waals surface area contributed by atoms with Gasteiger partial charge in [-0.3, -0.25) is 9.69 Å². The van der Waals surface area contributed by atoms with E-state index in [1.54, 1.807) is 40.9 Å². The third kappa shape index (κ3) is 4.40. The van der Waals surface area contributed by atoms with Crippen molar-refractivity contribution in [3.8, 4) is 0 Å². The zero-order valence-corrected chi connectivity index (χ0v) is 17.6. The Kier molecular flexibility index (Phi) is 5.76. The molecular weight excluding hydrogens is 384 g/mol. The molecule has 152 valence electrons. The standard InChI is InChI=1S/C22H26N4O2S/c1-14-13-15(2)23-21-19(14)26(11-12-29-21)22(28)25-18-9-7-16(8-10-18)20(27)24-17-5-3-4-6-17/h7-10,13,17H,3-6,11-12H2,1-2H3,(H,24,27)(H,25,28). The van der Waals surface area contributed by atoms with E-state index in [9.17, 15) is 9.59 Å². The number of carbonyl (C=O) groups is 2. The molecule has 2 heterocycles. The lowest BCUT2D eigenvalue weighted by molar-refractivity contribution is 0.0938. The first-order chi connectivity index (χ1) is 14.0. The molecule has 1 saturated carbocycles. The minimum absolute atomic E-state index is 0.0474. The average molecular weight is 411 g/mol. The van der Waals surface area contributed by atoms with Crippen molar-refractivity contribution in [3.05, 3.63) is 47.2 Å². The number of pyridine rings is 1. The van der Waals surface area contributed by atoms with E-state index in [-0.39, 0.29) is 11.9 Å². The van der Waals surface area contributed by atoms with Gasteiger partial charge in [0.15, 0.2) is 0 Å². The number of carbonyl (C=O) groups excluding carboxylic acids is 2. The molecule has 0 bridgehead atoms. The Morgan fingerprint density at radius 2 is 1.86 bits per heavy atom. The number of hydrogen-bond acceptors (Lipinski definition) is 4. The summed E-state index contributed by atoms with van der Waals surface area (Å²) in [4.78, 5) is 31.6. The van der Waals surface area contributed by atoms with Gasteiger partial charge in [-0.2, -0.15) is 0 Å². The maximum atomic E-state index is 12.9. The number of nitrogens with one attached hydrogen (secondary N) is 2. The molecule has 1 aromatic heterocycles. The van der Waals surface area contributed by atoms with Gasteiger partial charge in [0.05, 0.1) is 5.69 Å². The van der Waals surface area contributed by atoms with Crippen LogP contribution in [0.5, 0.6) is 0 Å². The highest BCUT2D eigenvalue weighted by Crippen LogP contribution is 2.36. The molecule has 0 spiro atoms. The number of hydrogen-bond donors (Lipinski definition) is 2. The van der Waals surface area contributed by atoms with Gasteiger partial charge in [0.1, 0.15) is 5.03 Å². The van der Waals surface area contributed by atoms with Crippen molar-refractivity contribution in [2.45, 2.75) is 50.6 Å². The minimum Gasteiger partial charge on any atom is -0.349 e. The number of thioether (sulfide) groups is 1. The topological polar surface area (TPSA) is 74.3 Å². The molecule has 6 nitrogen and oxygen atoms in total. The number of anilines is 2. The molecule has 0 radical (unpaired) electrons. The van der Waals surface area contributed by atoms with Crippen molar-refractivity contribution >= 4 is 35.1 Å². The zero-order chi connectivity index (χ0) is 20.4. The van der Waals surface area contributed by atoms with Crippen LogP contribution in [-0.2, 0) is 0 Å². The molecule has 2 aromatic rings. The summed E-state index contributed by atoms with van der Waals surface area (Å²) < 4.78 is 0. The number of rotatable bonds is 3. The summed E-state index contributed by atoms with van der Waals surface area (Å²) in [5.74, 6) is 0.769. The van der Waals surface area contributed by atoms with Crippen molar-refractivity contribution in [3.63, 3.8) is 0 Å². The van der Waals surface area contributed by atoms with Crippen molar-refractivity contribution in [1.82, 2.24) is 10.3 Å². The van der Waals surface area contributed by atoms with Crippen LogP contribution >= 0.6 is 11.8 Å². The summed E-state index contributed by atoms with van der Waals surface area (Å²) in [6, 6.07) is 9.19. The van der Waals surface area contributed by atoms with Gasteiger partial charge in [0.2, 0.25) is 0 Å². The van der Waals surface area contributed by atoms with E-state index in [1.165, 1.54) is 12.8 Å². The molecule has 3 amide bonds. The Balaban J connectivity index is 1.44. The lowest BCUT2D eigenvalue weighted by Crippen LogP contribution is -2.39. The van der Waals surface area contributed by atoms with Gasteiger partial charge in [-0.1, -0.05) is 12.8 Å². The lowest BCUT2D eigenvalue weighted by atomic mass is 10.1. The molecule has 29 heavy (non-hydrogen) atoms. The van der Waals surface area contributed by atoms with Gasteiger partial charge in [-0.05, 0) is 62.6 Å². The highest BCUT2D eigenvalue weighted by molar-refractivity contribution is 7.99. The number of fused-ring (bicyclic) bond motifs is 1. The minimum atomic E-state index is -0.177. The summed E-state index contributed by atoms with van der Waals surface area (Å²) in [7, 11) is 0. The van der Waals surface area contributed by atoms with Crippen LogP contribution in [0.2, 0.25) is 0 Å². The second-order valence-corrected chi connectivity index (χ2v) is 8.78. The van der Waals surface area contributed by atoms with Crippen molar-refractivity contribution in [1.29, 1.82) is 0 Å². The summed E-state index contributed by atoms with van der Waals surface area (Å²) in [6.45, 7) is 4.62. The largest absolute Gasteiger partial charge is 0.349 e. The average Bonchev–Trinajstić information content (AvgIpc) is 3.20. The van der Waals surface area contributed by atoms with E-state index in [2.05, 4.69) is 15.6 Å².